The summed E-state index contributed by atoms with van der Waals surface area (Å²) in [6.07, 6.45) is 0. The van der Waals surface area contributed by atoms with Crippen molar-refractivity contribution < 1.29 is 8.81 Å². The Morgan fingerprint density at radius 3 is 2.95 bits per heavy atom. The Balaban J connectivity index is 1.92. The number of hydrogen-bond acceptors (Lipinski definition) is 5. The van der Waals surface area contributed by atoms with Gasteiger partial charge in [0.15, 0.2) is 0 Å². The van der Waals surface area contributed by atoms with E-state index in [4.69, 9.17) is 4.42 Å². The molecule has 1 aromatic carbocycles. The van der Waals surface area contributed by atoms with Crippen LogP contribution >= 0.6 is 0 Å². The summed E-state index contributed by atoms with van der Waals surface area (Å²) in [6.45, 7) is 4.13. The van der Waals surface area contributed by atoms with Crippen molar-refractivity contribution >= 4 is 10.9 Å². The maximum atomic E-state index is 13.1. The van der Waals surface area contributed by atoms with Gasteiger partial charge in [0.2, 0.25) is 5.89 Å². The van der Waals surface area contributed by atoms with Gasteiger partial charge in [-0.05, 0) is 18.2 Å². The van der Waals surface area contributed by atoms with E-state index in [1.54, 1.807) is 0 Å². The fourth-order valence-electron chi connectivity index (χ4n) is 2.22. The van der Waals surface area contributed by atoms with Gasteiger partial charge in [0, 0.05) is 26.2 Å². The molecule has 0 atom stereocenters. The summed E-state index contributed by atoms with van der Waals surface area (Å²) < 4.78 is 18.2. The third kappa shape index (κ3) is 2.64. The van der Waals surface area contributed by atoms with Gasteiger partial charge in [0.05, 0.1) is 17.4 Å². The molecule has 6 heteroatoms. The molecule has 0 bridgehead atoms. The lowest BCUT2D eigenvalue weighted by Gasteiger charge is -2.25. The van der Waals surface area contributed by atoms with Gasteiger partial charge in [-0.25, -0.2) is 14.2 Å². The largest absolute Gasteiger partial charge is 0.406 e. The van der Waals surface area contributed by atoms with Crippen molar-refractivity contribution in [3.05, 3.63) is 40.3 Å². The Hall–Kier alpha value is -1.79. The van der Waals surface area contributed by atoms with Gasteiger partial charge in [0.1, 0.15) is 5.82 Å². The molecular formula is C13H14FN3O2. The molecule has 1 aliphatic heterocycles. The summed E-state index contributed by atoms with van der Waals surface area (Å²) in [7, 11) is 0. The maximum Gasteiger partial charge on any atom is 0.346 e. The van der Waals surface area contributed by atoms with Crippen LogP contribution in [0.4, 0.5) is 4.39 Å². The highest BCUT2D eigenvalue weighted by Gasteiger charge is 2.14. The monoisotopic (exact) mass is 263 g/mol. The molecule has 19 heavy (non-hydrogen) atoms. The average Bonchev–Trinajstić information content (AvgIpc) is 2.41. The van der Waals surface area contributed by atoms with Crippen LogP contribution in [-0.4, -0.2) is 36.1 Å². The van der Waals surface area contributed by atoms with Crippen LogP contribution in [0.25, 0.3) is 10.9 Å². The van der Waals surface area contributed by atoms with Crippen LogP contribution in [0.1, 0.15) is 5.89 Å². The van der Waals surface area contributed by atoms with E-state index < -0.39 is 11.4 Å². The fourth-order valence-corrected chi connectivity index (χ4v) is 2.22. The molecule has 0 saturated carbocycles. The van der Waals surface area contributed by atoms with E-state index in [0.29, 0.717) is 18.0 Å². The Bertz CT molecular complexity index is 650. The third-order valence-electron chi connectivity index (χ3n) is 3.20. The number of fused-ring (bicyclic) bond motifs is 1. The van der Waals surface area contributed by atoms with Gasteiger partial charge in [-0.2, -0.15) is 0 Å². The molecule has 5 nitrogen and oxygen atoms in total. The van der Waals surface area contributed by atoms with Crippen molar-refractivity contribution in [1.29, 1.82) is 0 Å². The molecule has 0 unspecified atom stereocenters. The number of rotatable bonds is 2. The van der Waals surface area contributed by atoms with E-state index in [2.05, 4.69) is 15.2 Å². The summed E-state index contributed by atoms with van der Waals surface area (Å²) >= 11 is 0. The zero-order valence-electron chi connectivity index (χ0n) is 10.4. The quantitative estimate of drug-likeness (QED) is 0.865. The van der Waals surface area contributed by atoms with Crippen molar-refractivity contribution in [2.45, 2.75) is 6.54 Å². The van der Waals surface area contributed by atoms with Crippen LogP contribution in [0.15, 0.2) is 27.4 Å². The summed E-state index contributed by atoms with van der Waals surface area (Å²) in [4.78, 5) is 18.2. The third-order valence-corrected chi connectivity index (χ3v) is 3.20. The predicted octanol–water partition coefficient (Wildman–Crippen LogP) is 0.732. The number of piperazine rings is 1. The number of benzene rings is 1. The van der Waals surface area contributed by atoms with Gasteiger partial charge in [-0.15, -0.1) is 0 Å². The SMILES string of the molecule is O=c1oc(CN2CCNCC2)nc2ccc(F)cc12. The number of hydrogen-bond donors (Lipinski definition) is 1. The van der Waals surface area contributed by atoms with Crippen molar-refractivity contribution in [1.82, 2.24) is 15.2 Å². The number of nitrogens with one attached hydrogen (secondary N) is 1. The molecule has 3 rings (SSSR count). The Kier molecular flexibility index (Phi) is 3.27. The molecule has 1 saturated heterocycles. The van der Waals surface area contributed by atoms with Crippen LogP contribution in [0.3, 0.4) is 0 Å². The van der Waals surface area contributed by atoms with Crippen LogP contribution in [0.5, 0.6) is 0 Å². The zero-order chi connectivity index (χ0) is 13.2. The van der Waals surface area contributed by atoms with Gasteiger partial charge >= 0.3 is 5.63 Å². The first-order valence-corrected chi connectivity index (χ1v) is 6.25. The minimum absolute atomic E-state index is 0.184. The molecule has 0 radical (unpaired) electrons. The van der Waals surface area contributed by atoms with Crippen LogP contribution in [0, 0.1) is 5.82 Å². The first kappa shape index (κ1) is 12.3. The Labute approximate surface area is 109 Å². The summed E-state index contributed by atoms with van der Waals surface area (Å²) in [5, 5.41) is 3.44. The lowest BCUT2D eigenvalue weighted by molar-refractivity contribution is 0.208. The molecule has 1 aromatic heterocycles. The van der Waals surface area contributed by atoms with Crippen molar-refractivity contribution in [2.75, 3.05) is 26.2 Å². The van der Waals surface area contributed by atoms with E-state index in [0.717, 1.165) is 32.2 Å². The topological polar surface area (TPSA) is 58.4 Å². The molecule has 2 heterocycles. The molecule has 100 valence electrons. The van der Waals surface area contributed by atoms with E-state index >= 15 is 0 Å². The van der Waals surface area contributed by atoms with Gasteiger partial charge in [-0.1, -0.05) is 0 Å². The average molecular weight is 263 g/mol. The number of halogens is 1. The highest BCUT2D eigenvalue weighted by Crippen LogP contribution is 2.11. The van der Waals surface area contributed by atoms with Gasteiger partial charge in [-0.3, -0.25) is 4.90 Å². The summed E-state index contributed by atoms with van der Waals surface area (Å²) in [5.74, 6) is -0.0811. The normalized spacial score (nSPS) is 16.9. The fraction of sp³-hybridized carbons (Fsp3) is 0.385. The lowest BCUT2D eigenvalue weighted by Crippen LogP contribution is -2.43. The maximum absolute atomic E-state index is 13.1. The summed E-state index contributed by atoms with van der Waals surface area (Å²) in [6, 6.07) is 3.95. The van der Waals surface area contributed by atoms with Crippen LogP contribution in [0.2, 0.25) is 0 Å². The molecule has 1 N–H and O–H groups in total. The van der Waals surface area contributed by atoms with Crippen molar-refractivity contribution in [2.24, 2.45) is 0 Å². The van der Waals surface area contributed by atoms with Crippen LogP contribution in [-0.2, 0) is 6.54 Å². The second-order valence-electron chi connectivity index (χ2n) is 4.58. The van der Waals surface area contributed by atoms with E-state index in [1.165, 1.54) is 12.1 Å². The molecular weight excluding hydrogens is 249 g/mol. The molecule has 1 aliphatic rings. The minimum atomic E-state index is -0.533. The second kappa shape index (κ2) is 5.07. The lowest BCUT2D eigenvalue weighted by atomic mass is 10.2. The second-order valence-corrected chi connectivity index (χ2v) is 4.58. The molecule has 0 amide bonds. The first-order chi connectivity index (χ1) is 9.22. The Morgan fingerprint density at radius 2 is 2.16 bits per heavy atom. The number of aromatic nitrogens is 1. The molecule has 2 aromatic rings. The van der Waals surface area contributed by atoms with E-state index in [1.807, 2.05) is 0 Å². The van der Waals surface area contributed by atoms with Crippen molar-refractivity contribution in [3.63, 3.8) is 0 Å². The predicted molar refractivity (Wildman–Crippen MR) is 68.4 cm³/mol. The number of nitrogens with zero attached hydrogens (tertiary/aromatic N) is 2. The van der Waals surface area contributed by atoms with Crippen molar-refractivity contribution in [3.8, 4) is 0 Å². The minimum Gasteiger partial charge on any atom is -0.406 e. The standard InChI is InChI=1S/C13H14FN3O2/c14-9-1-2-11-10(7-9)13(18)19-12(16-11)8-17-5-3-15-4-6-17/h1-2,7,15H,3-6,8H2. The summed E-state index contributed by atoms with van der Waals surface area (Å²) in [5.41, 5.74) is -0.0579. The highest BCUT2D eigenvalue weighted by molar-refractivity contribution is 5.76. The molecule has 0 spiro atoms. The van der Waals surface area contributed by atoms with E-state index in [9.17, 15) is 9.18 Å². The first-order valence-electron chi connectivity index (χ1n) is 6.25. The zero-order valence-corrected chi connectivity index (χ0v) is 10.4. The van der Waals surface area contributed by atoms with Crippen LogP contribution < -0.4 is 10.9 Å². The smallest absolute Gasteiger partial charge is 0.346 e. The van der Waals surface area contributed by atoms with E-state index in [-0.39, 0.29) is 5.39 Å². The molecule has 0 aliphatic carbocycles. The highest BCUT2D eigenvalue weighted by atomic mass is 19.1. The van der Waals surface area contributed by atoms with Gasteiger partial charge < -0.3 is 9.73 Å². The van der Waals surface area contributed by atoms with Gasteiger partial charge in [0.25, 0.3) is 0 Å². The Morgan fingerprint density at radius 1 is 1.37 bits per heavy atom. The molecule has 1 fully saturated rings.